The van der Waals surface area contributed by atoms with E-state index in [2.05, 4.69) is 35.2 Å². The highest BCUT2D eigenvalue weighted by Gasteiger charge is 2.17. The van der Waals surface area contributed by atoms with Crippen molar-refractivity contribution in [3.63, 3.8) is 0 Å². The molecule has 158 valence electrons. The first-order valence-electron chi connectivity index (χ1n) is 9.94. The SMILES string of the molecule is CCNC(=NCCCN1CCC(O)CC1)N(C)Cc1ccc2c(c1)OCO2.I. The molecule has 0 bridgehead atoms. The number of rotatable bonds is 7. The second-order valence-electron chi connectivity index (χ2n) is 7.21. The summed E-state index contributed by atoms with van der Waals surface area (Å²) in [7, 11) is 2.05. The summed E-state index contributed by atoms with van der Waals surface area (Å²) in [6, 6.07) is 6.07. The third kappa shape index (κ3) is 6.66. The molecule has 2 aliphatic rings. The van der Waals surface area contributed by atoms with Gasteiger partial charge in [0.2, 0.25) is 6.79 Å². The van der Waals surface area contributed by atoms with Crippen LogP contribution in [0.5, 0.6) is 11.5 Å². The van der Waals surface area contributed by atoms with Gasteiger partial charge in [0.05, 0.1) is 6.10 Å². The second kappa shape index (κ2) is 11.7. The Kier molecular flexibility index (Phi) is 9.60. The Morgan fingerprint density at radius 2 is 2.04 bits per heavy atom. The zero-order valence-corrected chi connectivity index (χ0v) is 19.2. The van der Waals surface area contributed by atoms with Crippen LogP contribution in [0.1, 0.15) is 31.7 Å². The number of aliphatic imine (C=N–C) groups is 1. The van der Waals surface area contributed by atoms with Crippen LogP contribution in [0.4, 0.5) is 0 Å². The number of piperidine rings is 1. The van der Waals surface area contributed by atoms with E-state index in [1.807, 2.05) is 12.1 Å². The molecule has 0 atom stereocenters. The number of benzene rings is 1. The quantitative estimate of drug-likeness (QED) is 0.257. The molecule has 2 heterocycles. The highest BCUT2D eigenvalue weighted by atomic mass is 127. The van der Waals surface area contributed by atoms with Crippen molar-refractivity contribution < 1.29 is 14.6 Å². The summed E-state index contributed by atoms with van der Waals surface area (Å²) < 4.78 is 10.8. The third-order valence-electron chi connectivity index (χ3n) is 5.00. The molecule has 1 fully saturated rings. The number of hydrogen-bond donors (Lipinski definition) is 2. The molecule has 0 radical (unpaired) electrons. The van der Waals surface area contributed by atoms with Crippen LogP contribution in [-0.4, -0.2) is 73.5 Å². The number of hydrogen-bond acceptors (Lipinski definition) is 5. The molecule has 8 heteroatoms. The van der Waals surface area contributed by atoms with E-state index >= 15 is 0 Å². The van der Waals surface area contributed by atoms with E-state index in [-0.39, 0.29) is 30.1 Å². The molecule has 1 aromatic carbocycles. The zero-order chi connectivity index (χ0) is 19.1. The van der Waals surface area contributed by atoms with Gasteiger partial charge in [0.1, 0.15) is 0 Å². The standard InChI is InChI=1S/C20H32N4O3.HI/c1-3-21-20(22-9-4-10-24-11-7-17(25)8-12-24)23(2)14-16-5-6-18-19(13-16)27-15-26-18;/h5-6,13,17,25H,3-4,7-12,14-15H2,1-2H3,(H,21,22);1H. The monoisotopic (exact) mass is 504 g/mol. The minimum atomic E-state index is -0.107. The zero-order valence-electron chi connectivity index (χ0n) is 16.9. The van der Waals surface area contributed by atoms with Gasteiger partial charge in [-0.05, 0) is 50.4 Å². The van der Waals surface area contributed by atoms with Crippen LogP contribution in [0.2, 0.25) is 0 Å². The topological polar surface area (TPSA) is 69.6 Å². The van der Waals surface area contributed by atoms with Gasteiger partial charge in [0, 0.05) is 39.8 Å². The van der Waals surface area contributed by atoms with E-state index in [0.717, 1.165) is 76.0 Å². The number of ether oxygens (including phenoxy) is 2. The number of guanidine groups is 1. The lowest BCUT2D eigenvalue weighted by Gasteiger charge is -2.29. The van der Waals surface area contributed by atoms with Crippen molar-refractivity contribution in [1.29, 1.82) is 0 Å². The molecule has 1 saturated heterocycles. The molecule has 3 rings (SSSR count). The first kappa shape index (κ1) is 23.0. The second-order valence-corrected chi connectivity index (χ2v) is 7.21. The number of nitrogens with zero attached hydrogens (tertiary/aromatic N) is 3. The fraction of sp³-hybridized carbons (Fsp3) is 0.650. The Bertz CT molecular complexity index is 636. The number of fused-ring (bicyclic) bond motifs is 1. The van der Waals surface area contributed by atoms with Gasteiger partial charge < -0.3 is 29.7 Å². The molecular weight excluding hydrogens is 471 g/mol. The summed E-state index contributed by atoms with van der Waals surface area (Å²) in [6.45, 7) is 7.82. The molecule has 0 unspecified atom stereocenters. The first-order chi connectivity index (χ1) is 13.2. The maximum absolute atomic E-state index is 9.59. The average Bonchev–Trinajstić information content (AvgIpc) is 3.13. The van der Waals surface area contributed by atoms with Crippen LogP contribution >= 0.6 is 24.0 Å². The lowest BCUT2D eigenvalue weighted by atomic mass is 10.1. The molecule has 0 aromatic heterocycles. The Morgan fingerprint density at radius 3 is 2.79 bits per heavy atom. The van der Waals surface area contributed by atoms with Crippen molar-refractivity contribution >= 4 is 29.9 Å². The highest BCUT2D eigenvalue weighted by Crippen LogP contribution is 2.32. The largest absolute Gasteiger partial charge is 0.454 e. The van der Waals surface area contributed by atoms with Crippen LogP contribution in [-0.2, 0) is 6.54 Å². The Hall–Kier alpha value is -1.26. The molecule has 1 aromatic rings. The predicted octanol–water partition coefficient (Wildman–Crippen LogP) is 2.28. The summed E-state index contributed by atoms with van der Waals surface area (Å²) in [4.78, 5) is 9.34. The van der Waals surface area contributed by atoms with Crippen molar-refractivity contribution in [2.75, 3.05) is 46.6 Å². The van der Waals surface area contributed by atoms with Gasteiger partial charge >= 0.3 is 0 Å². The van der Waals surface area contributed by atoms with Gasteiger partial charge in [-0.25, -0.2) is 0 Å². The molecule has 7 nitrogen and oxygen atoms in total. The molecule has 28 heavy (non-hydrogen) atoms. The molecule has 0 amide bonds. The molecule has 2 N–H and O–H groups in total. The van der Waals surface area contributed by atoms with Gasteiger partial charge in [-0.3, -0.25) is 4.99 Å². The van der Waals surface area contributed by atoms with E-state index in [1.54, 1.807) is 0 Å². The van der Waals surface area contributed by atoms with Crippen LogP contribution in [0.3, 0.4) is 0 Å². The van der Waals surface area contributed by atoms with Gasteiger partial charge in [-0.2, -0.15) is 0 Å². The van der Waals surface area contributed by atoms with E-state index < -0.39 is 0 Å². The molecule has 0 spiro atoms. The molecule has 2 aliphatic heterocycles. The van der Waals surface area contributed by atoms with Crippen LogP contribution in [0, 0.1) is 0 Å². The fourth-order valence-electron chi connectivity index (χ4n) is 3.48. The minimum Gasteiger partial charge on any atom is -0.454 e. The van der Waals surface area contributed by atoms with E-state index in [0.29, 0.717) is 6.79 Å². The number of aliphatic hydroxyl groups excluding tert-OH is 1. The first-order valence-corrected chi connectivity index (χ1v) is 9.94. The van der Waals surface area contributed by atoms with Crippen molar-refractivity contribution in [2.45, 2.75) is 38.8 Å². The number of aliphatic hydroxyl groups is 1. The summed E-state index contributed by atoms with van der Waals surface area (Å²) in [5.74, 6) is 2.55. The van der Waals surface area contributed by atoms with Crippen molar-refractivity contribution in [1.82, 2.24) is 15.1 Å². The Labute approximate surface area is 185 Å². The number of nitrogens with one attached hydrogen (secondary N) is 1. The maximum atomic E-state index is 9.59. The number of likely N-dealkylation sites (tertiary alicyclic amines) is 1. The van der Waals surface area contributed by atoms with E-state index in [4.69, 9.17) is 14.5 Å². The highest BCUT2D eigenvalue weighted by molar-refractivity contribution is 14.0. The summed E-state index contributed by atoms with van der Waals surface area (Å²) >= 11 is 0. The lowest BCUT2D eigenvalue weighted by molar-refractivity contribution is 0.0824. The van der Waals surface area contributed by atoms with Crippen LogP contribution in [0.25, 0.3) is 0 Å². The van der Waals surface area contributed by atoms with Crippen LogP contribution < -0.4 is 14.8 Å². The molecule has 0 aliphatic carbocycles. The van der Waals surface area contributed by atoms with Gasteiger partial charge in [0.25, 0.3) is 0 Å². The minimum absolute atomic E-state index is 0. The average molecular weight is 504 g/mol. The maximum Gasteiger partial charge on any atom is 0.231 e. The normalized spacial score (nSPS) is 17.3. The van der Waals surface area contributed by atoms with Gasteiger partial charge in [0.15, 0.2) is 17.5 Å². The number of halogens is 1. The van der Waals surface area contributed by atoms with Crippen LogP contribution in [0.15, 0.2) is 23.2 Å². The molecular formula is C20H33IN4O3. The van der Waals surface area contributed by atoms with Crippen molar-refractivity contribution in [3.8, 4) is 11.5 Å². The van der Waals surface area contributed by atoms with E-state index in [9.17, 15) is 5.11 Å². The summed E-state index contributed by atoms with van der Waals surface area (Å²) in [5, 5.41) is 13.0. The summed E-state index contributed by atoms with van der Waals surface area (Å²) in [6.07, 6.45) is 2.71. The fourth-order valence-corrected chi connectivity index (χ4v) is 3.48. The Morgan fingerprint density at radius 1 is 1.29 bits per heavy atom. The molecule has 0 saturated carbocycles. The third-order valence-corrected chi connectivity index (χ3v) is 5.00. The van der Waals surface area contributed by atoms with Crippen molar-refractivity contribution in [2.24, 2.45) is 4.99 Å². The predicted molar refractivity (Wildman–Crippen MR) is 122 cm³/mol. The summed E-state index contributed by atoms with van der Waals surface area (Å²) in [5.41, 5.74) is 1.17. The van der Waals surface area contributed by atoms with Crippen molar-refractivity contribution in [3.05, 3.63) is 23.8 Å². The lowest BCUT2D eigenvalue weighted by Crippen LogP contribution is -2.39. The van der Waals surface area contributed by atoms with E-state index in [1.165, 1.54) is 5.56 Å². The van der Waals surface area contributed by atoms with Gasteiger partial charge in [-0.15, -0.1) is 24.0 Å². The smallest absolute Gasteiger partial charge is 0.231 e. The Balaban J connectivity index is 0.00000280. The van der Waals surface area contributed by atoms with Gasteiger partial charge in [-0.1, -0.05) is 6.07 Å².